The molecule has 0 aliphatic carbocycles. The molecule has 3 aromatic carbocycles. The van der Waals surface area contributed by atoms with Crippen LogP contribution in [0.1, 0.15) is 46.6 Å². The van der Waals surface area contributed by atoms with E-state index in [1.807, 2.05) is 77.7 Å². The Bertz CT molecular complexity index is 1360. The number of aromatic nitrogens is 2. The van der Waals surface area contributed by atoms with Gasteiger partial charge in [-0.25, -0.2) is 0 Å². The van der Waals surface area contributed by atoms with Gasteiger partial charge < -0.3 is 19.1 Å². The summed E-state index contributed by atoms with van der Waals surface area (Å²) in [7, 11) is 0. The molecular weight excluding hydrogens is 442 g/mol. The van der Waals surface area contributed by atoms with E-state index in [0.717, 1.165) is 45.9 Å². The highest BCUT2D eigenvalue weighted by atomic mass is 16.7. The van der Waals surface area contributed by atoms with Crippen molar-refractivity contribution in [2.24, 2.45) is 0 Å². The molecule has 0 saturated heterocycles. The van der Waals surface area contributed by atoms with Crippen molar-refractivity contribution >= 4 is 5.91 Å². The molecule has 1 amide bonds. The van der Waals surface area contributed by atoms with Gasteiger partial charge in [-0.05, 0) is 41.8 Å². The average molecular weight is 468 g/mol. The van der Waals surface area contributed by atoms with Gasteiger partial charge in [0.05, 0.1) is 18.3 Å². The number of benzene rings is 3. The van der Waals surface area contributed by atoms with Crippen LogP contribution in [0.25, 0.3) is 11.3 Å². The number of rotatable bonds is 7. The minimum atomic E-state index is -0.294. The first-order chi connectivity index (χ1) is 17.2. The Balaban J connectivity index is 1.41. The van der Waals surface area contributed by atoms with E-state index in [9.17, 15) is 4.79 Å². The summed E-state index contributed by atoms with van der Waals surface area (Å²) in [4.78, 5) is 15.5. The van der Waals surface area contributed by atoms with Crippen molar-refractivity contribution in [3.8, 4) is 28.5 Å². The molecule has 7 heteroatoms. The number of hydrogen-bond donors (Lipinski definition) is 1. The lowest BCUT2D eigenvalue weighted by Gasteiger charge is -2.27. The first-order valence-electron chi connectivity index (χ1n) is 11.8. The highest BCUT2D eigenvalue weighted by Gasteiger charge is 2.42. The van der Waals surface area contributed by atoms with Crippen molar-refractivity contribution in [1.29, 1.82) is 0 Å². The summed E-state index contributed by atoms with van der Waals surface area (Å²) in [6, 6.07) is 23.5. The van der Waals surface area contributed by atoms with E-state index in [1.165, 1.54) is 0 Å². The van der Waals surface area contributed by atoms with Crippen LogP contribution in [0.5, 0.6) is 17.2 Å². The Labute approximate surface area is 203 Å². The Morgan fingerprint density at radius 3 is 2.63 bits per heavy atom. The zero-order valence-electron chi connectivity index (χ0n) is 19.4. The molecule has 7 nitrogen and oxygen atoms in total. The summed E-state index contributed by atoms with van der Waals surface area (Å²) in [6.45, 7) is 3.39. The molecule has 35 heavy (non-hydrogen) atoms. The quantitative estimate of drug-likeness (QED) is 0.397. The third kappa shape index (κ3) is 3.79. The number of hydrogen-bond acceptors (Lipinski definition) is 5. The smallest absolute Gasteiger partial charge is 0.273 e. The lowest BCUT2D eigenvalue weighted by Crippen LogP contribution is -2.29. The monoisotopic (exact) mass is 467 g/mol. The van der Waals surface area contributed by atoms with Gasteiger partial charge in [0, 0.05) is 17.7 Å². The predicted octanol–water partition coefficient (Wildman–Crippen LogP) is 5.34. The Hall–Kier alpha value is -4.26. The molecule has 0 spiro atoms. The maximum Gasteiger partial charge on any atom is 0.273 e. The highest BCUT2D eigenvalue weighted by molar-refractivity contribution is 6.00. The molecule has 176 valence electrons. The van der Waals surface area contributed by atoms with E-state index in [1.54, 1.807) is 0 Å². The van der Waals surface area contributed by atoms with E-state index < -0.39 is 0 Å². The molecule has 0 radical (unpaired) electrons. The van der Waals surface area contributed by atoms with Crippen LogP contribution in [0, 0.1) is 0 Å². The molecule has 1 atom stereocenters. The number of H-pyrrole nitrogens is 1. The number of carbonyl (C=O) groups excluding carboxylic acids is 1. The first kappa shape index (κ1) is 21.3. The Morgan fingerprint density at radius 2 is 1.83 bits per heavy atom. The molecule has 2 aliphatic heterocycles. The highest BCUT2D eigenvalue weighted by Crippen LogP contribution is 2.44. The van der Waals surface area contributed by atoms with Gasteiger partial charge >= 0.3 is 0 Å². The summed E-state index contributed by atoms with van der Waals surface area (Å²) in [5.41, 5.74) is 5.15. The van der Waals surface area contributed by atoms with E-state index in [0.29, 0.717) is 24.6 Å². The van der Waals surface area contributed by atoms with Gasteiger partial charge in [0.15, 0.2) is 11.5 Å². The number of nitrogens with one attached hydrogen (secondary N) is 1. The minimum absolute atomic E-state index is 0.0799. The molecule has 3 heterocycles. The molecule has 1 aromatic heterocycles. The van der Waals surface area contributed by atoms with E-state index in [4.69, 9.17) is 14.2 Å². The number of nitrogens with zero attached hydrogens (tertiary/aromatic N) is 2. The second kappa shape index (κ2) is 8.83. The van der Waals surface area contributed by atoms with Gasteiger partial charge in [-0.3, -0.25) is 9.89 Å². The molecule has 1 N–H and O–H groups in total. The van der Waals surface area contributed by atoms with Gasteiger partial charge in [0.25, 0.3) is 5.91 Å². The van der Waals surface area contributed by atoms with Crippen molar-refractivity contribution in [1.82, 2.24) is 15.1 Å². The van der Waals surface area contributed by atoms with Gasteiger partial charge in [-0.15, -0.1) is 0 Å². The summed E-state index contributed by atoms with van der Waals surface area (Å²) in [6.07, 6.45) is 0.945. The summed E-state index contributed by atoms with van der Waals surface area (Å²) in [5.74, 6) is 2.16. The fraction of sp³-hybridized carbons (Fsp3) is 0.214. The van der Waals surface area contributed by atoms with Crippen LogP contribution in [-0.4, -0.2) is 34.4 Å². The third-order valence-corrected chi connectivity index (χ3v) is 6.37. The van der Waals surface area contributed by atoms with Crippen LogP contribution in [0.3, 0.4) is 0 Å². The Morgan fingerprint density at radius 1 is 1.03 bits per heavy atom. The first-order valence-corrected chi connectivity index (χ1v) is 11.8. The largest absolute Gasteiger partial charge is 0.494 e. The molecule has 6 rings (SSSR count). The number of amides is 1. The lowest BCUT2D eigenvalue weighted by atomic mass is 9.96. The zero-order valence-corrected chi connectivity index (χ0v) is 19.4. The van der Waals surface area contributed by atoms with Crippen molar-refractivity contribution in [3.63, 3.8) is 0 Å². The van der Waals surface area contributed by atoms with E-state index in [2.05, 4.69) is 17.1 Å². The van der Waals surface area contributed by atoms with Crippen LogP contribution < -0.4 is 14.2 Å². The van der Waals surface area contributed by atoms with Crippen molar-refractivity contribution in [2.75, 3.05) is 13.4 Å². The second-order valence-corrected chi connectivity index (χ2v) is 8.67. The number of ether oxygens (including phenoxy) is 3. The van der Waals surface area contributed by atoms with Crippen molar-refractivity contribution in [3.05, 3.63) is 95.2 Å². The van der Waals surface area contributed by atoms with Crippen LogP contribution in [0.15, 0.2) is 72.8 Å². The number of aromatic amines is 1. The van der Waals surface area contributed by atoms with E-state index >= 15 is 0 Å². The third-order valence-electron chi connectivity index (χ3n) is 6.37. The average Bonchev–Trinajstić information content (AvgIpc) is 3.60. The fourth-order valence-electron chi connectivity index (χ4n) is 4.72. The van der Waals surface area contributed by atoms with Gasteiger partial charge in [0.2, 0.25) is 6.79 Å². The molecule has 4 aromatic rings. The van der Waals surface area contributed by atoms with Crippen molar-refractivity contribution < 1.29 is 19.0 Å². The van der Waals surface area contributed by atoms with Gasteiger partial charge in [0.1, 0.15) is 11.4 Å². The molecule has 0 saturated carbocycles. The molecule has 2 aliphatic rings. The standard InChI is InChI=1S/C28H25N3O4/c1-2-14-33-21-11-9-20(10-12-21)27-24-25(19-6-4-3-5-7-19)29-30-26(24)28(32)31(27)16-18-8-13-22-23(15-18)35-17-34-22/h3-13,15,27H,2,14,16-17H2,1H3,(H,29,30). The van der Waals surface area contributed by atoms with E-state index in [-0.39, 0.29) is 18.7 Å². The maximum absolute atomic E-state index is 13.6. The van der Waals surface area contributed by atoms with Crippen LogP contribution >= 0.6 is 0 Å². The summed E-state index contributed by atoms with van der Waals surface area (Å²) < 4.78 is 16.8. The lowest BCUT2D eigenvalue weighted by molar-refractivity contribution is 0.0730. The summed E-state index contributed by atoms with van der Waals surface area (Å²) >= 11 is 0. The normalized spacial score (nSPS) is 16.0. The molecule has 1 unspecified atom stereocenters. The topological polar surface area (TPSA) is 76.7 Å². The van der Waals surface area contributed by atoms with Crippen LogP contribution in [0.2, 0.25) is 0 Å². The molecular formula is C28H25N3O4. The van der Waals surface area contributed by atoms with Crippen LogP contribution in [0.4, 0.5) is 0 Å². The van der Waals surface area contributed by atoms with Gasteiger partial charge in [-0.1, -0.05) is 55.5 Å². The fourth-order valence-corrected chi connectivity index (χ4v) is 4.72. The zero-order chi connectivity index (χ0) is 23.8. The van der Waals surface area contributed by atoms with Crippen LogP contribution in [-0.2, 0) is 6.54 Å². The van der Waals surface area contributed by atoms with Gasteiger partial charge in [-0.2, -0.15) is 5.10 Å². The Kier molecular flexibility index (Phi) is 5.37. The van der Waals surface area contributed by atoms with Crippen molar-refractivity contribution in [2.45, 2.75) is 25.9 Å². The molecule has 0 bridgehead atoms. The minimum Gasteiger partial charge on any atom is -0.494 e. The number of carbonyl (C=O) groups is 1. The second-order valence-electron chi connectivity index (χ2n) is 8.67. The number of fused-ring (bicyclic) bond motifs is 2. The maximum atomic E-state index is 13.6. The predicted molar refractivity (Wildman–Crippen MR) is 131 cm³/mol. The molecule has 0 fully saturated rings. The summed E-state index contributed by atoms with van der Waals surface area (Å²) in [5, 5.41) is 7.57. The SMILES string of the molecule is CCCOc1ccc(C2c3c(-c4ccccc4)n[nH]c3C(=O)N2Cc2ccc3c(c2)OCO3)cc1.